The largest absolute Gasteiger partial charge is 0.393 e. The summed E-state index contributed by atoms with van der Waals surface area (Å²) >= 11 is 4.92. The average Bonchev–Trinajstić information content (AvgIpc) is 2.15. The Balaban J connectivity index is 2.82. The monoisotopic (exact) mass is 196 g/mol. The summed E-state index contributed by atoms with van der Waals surface area (Å²) in [6.45, 7) is 0.479. The van der Waals surface area contributed by atoms with Crippen LogP contribution in [0, 0.1) is 0 Å². The van der Waals surface area contributed by atoms with Crippen molar-refractivity contribution in [3.8, 4) is 0 Å². The van der Waals surface area contributed by atoms with Crippen LogP contribution in [0.5, 0.6) is 0 Å². The number of ether oxygens (including phenoxy) is 1. The average molecular weight is 196 g/mol. The Morgan fingerprint density at radius 3 is 2.92 bits per heavy atom. The molecule has 0 saturated heterocycles. The fraction of sp³-hybridized carbons (Fsp3) is 0.333. The summed E-state index contributed by atoms with van der Waals surface area (Å²) in [7, 11) is 1.62. The molecular formula is C9H12N2OS. The van der Waals surface area contributed by atoms with Crippen molar-refractivity contribution < 1.29 is 4.74 Å². The first-order valence-electron chi connectivity index (χ1n) is 3.95. The third-order valence-electron chi connectivity index (χ3n) is 1.72. The zero-order valence-electron chi connectivity index (χ0n) is 7.43. The van der Waals surface area contributed by atoms with Gasteiger partial charge in [0.15, 0.2) is 0 Å². The van der Waals surface area contributed by atoms with Gasteiger partial charge in [0.05, 0.1) is 23.2 Å². The van der Waals surface area contributed by atoms with Crippen LogP contribution in [0.1, 0.15) is 11.6 Å². The lowest BCUT2D eigenvalue weighted by Gasteiger charge is -2.12. The van der Waals surface area contributed by atoms with Crippen LogP contribution < -0.4 is 5.73 Å². The van der Waals surface area contributed by atoms with E-state index in [9.17, 15) is 0 Å². The first kappa shape index (κ1) is 10.1. The molecule has 1 unspecified atom stereocenters. The molecule has 3 nitrogen and oxygen atoms in total. The van der Waals surface area contributed by atoms with E-state index >= 15 is 0 Å². The maximum atomic E-state index is 5.57. The number of nitrogens with two attached hydrogens (primary N) is 1. The number of nitrogens with zero attached hydrogens (tertiary/aromatic N) is 1. The van der Waals surface area contributed by atoms with Gasteiger partial charge in [0.25, 0.3) is 0 Å². The maximum Gasteiger partial charge on any atom is 0.0842 e. The van der Waals surface area contributed by atoms with Crippen molar-refractivity contribution in [3.05, 3.63) is 30.1 Å². The van der Waals surface area contributed by atoms with E-state index in [2.05, 4.69) is 4.98 Å². The van der Waals surface area contributed by atoms with Gasteiger partial charge in [0.1, 0.15) is 0 Å². The van der Waals surface area contributed by atoms with Gasteiger partial charge in [-0.15, -0.1) is 0 Å². The zero-order chi connectivity index (χ0) is 9.68. The zero-order valence-corrected chi connectivity index (χ0v) is 8.25. The highest BCUT2D eigenvalue weighted by molar-refractivity contribution is 7.80. The van der Waals surface area contributed by atoms with Crippen molar-refractivity contribution in [3.63, 3.8) is 0 Å². The van der Waals surface area contributed by atoms with E-state index < -0.39 is 0 Å². The minimum Gasteiger partial charge on any atom is -0.393 e. The van der Waals surface area contributed by atoms with E-state index in [1.807, 2.05) is 18.2 Å². The molecule has 1 aromatic heterocycles. The Kier molecular flexibility index (Phi) is 3.79. The molecular weight excluding hydrogens is 184 g/mol. The lowest BCUT2D eigenvalue weighted by molar-refractivity contribution is 0.194. The molecule has 1 rings (SSSR count). The SMILES string of the molecule is COCC(C(N)=S)c1ccccn1. The molecule has 0 aliphatic carbocycles. The Bertz CT molecular complexity index is 276. The van der Waals surface area contributed by atoms with Gasteiger partial charge in [-0.2, -0.15) is 0 Å². The smallest absolute Gasteiger partial charge is 0.0842 e. The van der Waals surface area contributed by atoms with Crippen molar-refractivity contribution in [2.45, 2.75) is 5.92 Å². The van der Waals surface area contributed by atoms with Gasteiger partial charge in [0.2, 0.25) is 0 Å². The second-order valence-corrected chi connectivity index (χ2v) is 3.14. The molecule has 70 valence electrons. The molecule has 2 N–H and O–H groups in total. The molecule has 0 fully saturated rings. The van der Waals surface area contributed by atoms with Crippen LogP contribution in [0.3, 0.4) is 0 Å². The Hall–Kier alpha value is -1.00. The van der Waals surface area contributed by atoms with Crippen molar-refractivity contribution in [2.24, 2.45) is 5.73 Å². The summed E-state index contributed by atoms with van der Waals surface area (Å²) < 4.78 is 5.01. The maximum absolute atomic E-state index is 5.57. The minimum absolute atomic E-state index is 0.0822. The molecule has 0 aliphatic heterocycles. The predicted octanol–water partition coefficient (Wildman–Crippen LogP) is 1.10. The molecule has 0 bridgehead atoms. The summed E-state index contributed by atoms with van der Waals surface area (Å²) in [5.74, 6) is -0.0822. The van der Waals surface area contributed by atoms with Crippen LogP contribution in [-0.2, 0) is 4.74 Å². The van der Waals surface area contributed by atoms with E-state index in [0.717, 1.165) is 5.69 Å². The summed E-state index contributed by atoms with van der Waals surface area (Å²) in [4.78, 5) is 4.59. The fourth-order valence-electron chi connectivity index (χ4n) is 1.06. The van der Waals surface area contributed by atoms with Gasteiger partial charge in [-0.25, -0.2) is 0 Å². The second-order valence-electron chi connectivity index (χ2n) is 2.66. The van der Waals surface area contributed by atoms with Crippen molar-refractivity contribution in [1.29, 1.82) is 0 Å². The Morgan fingerprint density at radius 1 is 1.69 bits per heavy atom. The van der Waals surface area contributed by atoms with Crippen LogP contribution in [0.4, 0.5) is 0 Å². The van der Waals surface area contributed by atoms with Gasteiger partial charge in [0, 0.05) is 13.3 Å². The lowest BCUT2D eigenvalue weighted by atomic mass is 10.1. The number of thiocarbonyl (C=S) groups is 1. The predicted molar refractivity (Wildman–Crippen MR) is 55.6 cm³/mol. The highest BCUT2D eigenvalue weighted by atomic mass is 32.1. The summed E-state index contributed by atoms with van der Waals surface area (Å²) in [6, 6.07) is 5.65. The van der Waals surface area contributed by atoms with Gasteiger partial charge >= 0.3 is 0 Å². The van der Waals surface area contributed by atoms with E-state index in [-0.39, 0.29) is 5.92 Å². The van der Waals surface area contributed by atoms with Crippen LogP contribution >= 0.6 is 12.2 Å². The fourth-order valence-corrected chi connectivity index (χ4v) is 1.25. The molecule has 13 heavy (non-hydrogen) atoms. The molecule has 0 saturated carbocycles. The first-order valence-corrected chi connectivity index (χ1v) is 4.35. The normalized spacial score (nSPS) is 12.4. The van der Waals surface area contributed by atoms with E-state index in [1.54, 1.807) is 13.3 Å². The molecule has 0 spiro atoms. The molecule has 1 heterocycles. The number of hydrogen-bond donors (Lipinski definition) is 1. The molecule has 0 aliphatic rings. The Morgan fingerprint density at radius 2 is 2.46 bits per heavy atom. The van der Waals surface area contributed by atoms with Gasteiger partial charge < -0.3 is 10.5 Å². The highest BCUT2D eigenvalue weighted by Gasteiger charge is 2.14. The van der Waals surface area contributed by atoms with Gasteiger partial charge in [-0.3, -0.25) is 4.98 Å². The molecule has 4 heteroatoms. The molecule has 0 amide bonds. The lowest BCUT2D eigenvalue weighted by Crippen LogP contribution is -2.23. The highest BCUT2D eigenvalue weighted by Crippen LogP contribution is 2.12. The van der Waals surface area contributed by atoms with Crippen molar-refractivity contribution >= 4 is 17.2 Å². The second kappa shape index (κ2) is 4.89. The quantitative estimate of drug-likeness (QED) is 0.732. The van der Waals surface area contributed by atoms with Crippen molar-refractivity contribution in [2.75, 3.05) is 13.7 Å². The number of hydrogen-bond acceptors (Lipinski definition) is 3. The van der Waals surface area contributed by atoms with Crippen LogP contribution in [0.25, 0.3) is 0 Å². The number of pyridine rings is 1. The van der Waals surface area contributed by atoms with Crippen LogP contribution in [-0.4, -0.2) is 23.7 Å². The minimum atomic E-state index is -0.0822. The van der Waals surface area contributed by atoms with Gasteiger partial charge in [-0.1, -0.05) is 18.3 Å². The van der Waals surface area contributed by atoms with E-state index in [1.165, 1.54) is 0 Å². The third-order valence-corrected chi connectivity index (χ3v) is 2.01. The summed E-state index contributed by atoms with van der Waals surface area (Å²) in [5, 5.41) is 0. The number of aromatic nitrogens is 1. The third kappa shape index (κ3) is 2.75. The van der Waals surface area contributed by atoms with Crippen molar-refractivity contribution in [1.82, 2.24) is 4.98 Å². The van der Waals surface area contributed by atoms with E-state index in [0.29, 0.717) is 11.6 Å². The molecule has 1 aromatic rings. The summed E-state index contributed by atoms with van der Waals surface area (Å²) in [5.41, 5.74) is 6.42. The van der Waals surface area contributed by atoms with Gasteiger partial charge in [-0.05, 0) is 12.1 Å². The number of rotatable bonds is 4. The molecule has 0 aromatic carbocycles. The van der Waals surface area contributed by atoms with E-state index in [4.69, 9.17) is 22.7 Å². The Labute approximate surface area is 82.9 Å². The van der Waals surface area contributed by atoms with Crippen LogP contribution in [0.15, 0.2) is 24.4 Å². The molecule has 1 atom stereocenters. The standard InChI is InChI=1S/C9H12N2OS/c1-12-6-7(9(10)13)8-4-2-3-5-11-8/h2-5,7H,6H2,1H3,(H2,10,13). The summed E-state index contributed by atoms with van der Waals surface area (Å²) in [6.07, 6.45) is 1.72. The molecule has 0 radical (unpaired) electrons. The first-order chi connectivity index (χ1) is 6.25. The van der Waals surface area contributed by atoms with Crippen LogP contribution in [0.2, 0.25) is 0 Å². The topological polar surface area (TPSA) is 48.1 Å². The number of methoxy groups -OCH3 is 1.